The molecule has 196 valence electrons. The molecule has 2 heteroatoms. The minimum atomic E-state index is -0.426. The first-order valence-corrected chi connectivity index (χ1v) is 13.6. The molecule has 0 fully saturated rings. The highest BCUT2D eigenvalue weighted by Crippen LogP contribution is 2.44. The van der Waals surface area contributed by atoms with Crippen molar-refractivity contribution >= 4 is 54.5 Å². The fraction of sp³-hybridized carbons (Fsp3) is 0. The van der Waals surface area contributed by atoms with Crippen LogP contribution in [0.4, 0.5) is 0 Å². The van der Waals surface area contributed by atoms with Gasteiger partial charge in [0.15, 0.2) is 0 Å². The third-order valence-electron chi connectivity index (χ3n) is 7.99. The van der Waals surface area contributed by atoms with Gasteiger partial charge in [-0.25, -0.2) is 0 Å². The molecule has 0 saturated heterocycles. The second-order valence-electron chi connectivity index (χ2n) is 10.3. The van der Waals surface area contributed by atoms with Crippen molar-refractivity contribution in [3.05, 3.63) is 146 Å². The van der Waals surface area contributed by atoms with Crippen LogP contribution in [0.25, 0.3) is 87.8 Å². The molecule has 0 spiro atoms. The van der Waals surface area contributed by atoms with E-state index in [0.717, 1.165) is 38.5 Å². The van der Waals surface area contributed by atoms with Crippen LogP contribution in [0, 0.1) is 0 Å². The number of rotatable bonds is 3. The van der Waals surface area contributed by atoms with E-state index in [1.807, 2.05) is 66.7 Å². The van der Waals surface area contributed by atoms with Crippen LogP contribution >= 0.6 is 0 Å². The van der Waals surface area contributed by atoms with Gasteiger partial charge in [0.2, 0.25) is 0 Å². The smallest absolute Gasteiger partial charge is 0.139 e. The van der Waals surface area contributed by atoms with Gasteiger partial charge in [0.05, 0.1) is 17.2 Å². The van der Waals surface area contributed by atoms with E-state index in [9.17, 15) is 0 Å². The van der Waals surface area contributed by atoms with E-state index in [1.54, 1.807) is 30.5 Å². The Labute approximate surface area is 253 Å². The van der Waals surface area contributed by atoms with E-state index in [-0.39, 0.29) is 45.7 Å². The van der Waals surface area contributed by atoms with E-state index in [0.29, 0.717) is 27.8 Å². The zero-order chi connectivity index (χ0) is 34.6. The third-order valence-corrected chi connectivity index (χ3v) is 7.99. The predicted octanol–water partition coefficient (Wildman–Crippen LogP) is 11.6. The summed E-state index contributed by atoms with van der Waals surface area (Å²) in [5.74, 6) is 0. The van der Waals surface area contributed by atoms with Gasteiger partial charge in [-0.2, -0.15) is 0 Å². The van der Waals surface area contributed by atoms with Gasteiger partial charge in [0, 0.05) is 22.2 Å². The SMILES string of the molecule is [2H]c1c([2H])c([2H])c2c(-c3ccc(-c4cccc5oc6cc7occc7cc6c45)cc3)c3c([2H])c([2H])c([2H])c([2H])c3c(-c3ccccc3)c2c1[2H]. The fourth-order valence-corrected chi connectivity index (χ4v) is 6.15. The largest absolute Gasteiger partial charge is 0.464 e. The molecule has 9 aromatic rings. The maximum absolute atomic E-state index is 9.14. The lowest BCUT2D eigenvalue weighted by molar-refractivity contribution is 0.613. The van der Waals surface area contributed by atoms with E-state index >= 15 is 0 Å². The number of hydrogen-bond donors (Lipinski definition) is 0. The Morgan fingerprint density at radius 2 is 1.10 bits per heavy atom. The number of fused-ring (bicyclic) bond motifs is 6. The Kier molecular flexibility index (Phi) is 3.54. The molecule has 9 rings (SSSR count). The molecule has 0 aliphatic rings. The summed E-state index contributed by atoms with van der Waals surface area (Å²) in [5.41, 5.74) is 5.71. The second-order valence-corrected chi connectivity index (χ2v) is 10.3. The van der Waals surface area contributed by atoms with Gasteiger partial charge in [-0.15, -0.1) is 0 Å². The quantitative estimate of drug-likeness (QED) is 0.207. The van der Waals surface area contributed by atoms with Crippen molar-refractivity contribution in [3.8, 4) is 33.4 Å². The topological polar surface area (TPSA) is 26.3 Å². The molecule has 0 saturated carbocycles. The van der Waals surface area contributed by atoms with Crippen molar-refractivity contribution in [2.45, 2.75) is 0 Å². The monoisotopic (exact) mass is 544 g/mol. The molecule has 0 atom stereocenters. The summed E-state index contributed by atoms with van der Waals surface area (Å²) in [5, 5.41) is 3.59. The van der Waals surface area contributed by atoms with Crippen LogP contribution in [-0.4, -0.2) is 0 Å². The number of furan rings is 2. The average Bonchev–Trinajstić information content (AvgIpc) is 3.76. The first-order chi connectivity index (χ1) is 24.2. The first-order valence-electron chi connectivity index (χ1n) is 17.6. The second kappa shape index (κ2) is 8.95. The van der Waals surface area contributed by atoms with Crippen LogP contribution < -0.4 is 0 Å². The van der Waals surface area contributed by atoms with Gasteiger partial charge >= 0.3 is 0 Å². The molecular formula is C40H24O2. The van der Waals surface area contributed by atoms with Crippen molar-refractivity contribution in [3.63, 3.8) is 0 Å². The first kappa shape index (κ1) is 16.6. The molecular weight excluding hydrogens is 512 g/mol. The molecule has 0 radical (unpaired) electrons. The van der Waals surface area contributed by atoms with Crippen LogP contribution in [0.3, 0.4) is 0 Å². The summed E-state index contributed by atoms with van der Waals surface area (Å²) in [6.07, 6.45) is 1.64. The van der Waals surface area contributed by atoms with Crippen molar-refractivity contribution in [2.75, 3.05) is 0 Å². The summed E-state index contributed by atoms with van der Waals surface area (Å²) in [6.45, 7) is 0. The van der Waals surface area contributed by atoms with Crippen LogP contribution in [0.2, 0.25) is 0 Å². The Hall–Kier alpha value is -5.60. The Morgan fingerprint density at radius 3 is 1.76 bits per heavy atom. The van der Waals surface area contributed by atoms with Gasteiger partial charge in [0.1, 0.15) is 16.7 Å². The number of hydrogen-bond acceptors (Lipinski definition) is 2. The lowest BCUT2D eigenvalue weighted by Crippen LogP contribution is -1.90. The van der Waals surface area contributed by atoms with Crippen molar-refractivity contribution in [1.29, 1.82) is 0 Å². The van der Waals surface area contributed by atoms with Crippen LogP contribution in [-0.2, 0) is 0 Å². The normalized spacial score (nSPS) is 14.5. The van der Waals surface area contributed by atoms with Gasteiger partial charge in [0.25, 0.3) is 0 Å². The fourth-order valence-electron chi connectivity index (χ4n) is 6.15. The molecule has 7 aromatic carbocycles. The maximum Gasteiger partial charge on any atom is 0.139 e. The lowest BCUT2D eigenvalue weighted by Gasteiger charge is -2.18. The summed E-state index contributed by atoms with van der Waals surface area (Å²) >= 11 is 0. The lowest BCUT2D eigenvalue weighted by atomic mass is 9.85. The molecule has 0 aliphatic carbocycles. The van der Waals surface area contributed by atoms with E-state index in [4.69, 9.17) is 19.8 Å². The zero-order valence-electron chi connectivity index (χ0n) is 30.1. The summed E-state index contributed by atoms with van der Waals surface area (Å²) in [4.78, 5) is 0. The summed E-state index contributed by atoms with van der Waals surface area (Å²) in [6, 6.07) is 25.3. The Morgan fingerprint density at radius 1 is 0.476 bits per heavy atom. The highest BCUT2D eigenvalue weighted by molar-refractivity contribution is 6.21. The summed E-state index contributed by atoms with van der Waals surface area (Å²) < 4.78 is 82.7. The minimum Gasteiger partial charge on any atom is -0.464 e. The highest BCUT2D eigenvalue weighted by atomic mass is 16.3. The summed E-state index contributed by atoms with van der Waals surface area (Å²) in [7, 11) is 0. The van der Waals surface area contributed by atoms with Crippen LogP contribution in [0.1, 0.15) is 11.0 Å². The van der Waals surface area contributed by atoms with E-state index < -0.39 is 24.2 Å². The molecule has 2 heterocycles. The van der Waals surface area contributed by atoms with Crippen molar-refractivity contribution < 1.29 is 19.8 Å². The molecule has 0 bridgehead atoms. The molecule has 0 N–H and O–H groups in total. The molecule has 0 amide bonds. The predicted molar refractivity (Wildman–Crippen MR) is 175 cm³/mol. The molecule has 0 aliphatic heterocycles. The zero-order valence-corrected chi connectivity index (χ0v) is 22.1. The van der Waals surface area contributed by atoms with E-state index in [1.165, 1.54) is 0 Å². The Balaban J connectivity index is 1.38. The molecule has 42 heavy (non-hydrogen) atoms. The Bertz CT molecular complexity index is 2810. The van der Waals surface area contributed by atoms with Gasteiger partial charge in [-0.3, -0.25) is 0 Å². The molecule has 2 nitrogen and oxygen atoms in total. The van der Waals surface area contributed by atoms with E-state index in [2.05, 4.69) is 0 Å². The number of benzene rings is 7. The van der Waals surface area contributed by atoms with Crippen molar-refractivity contribution in [2.24, 2.45) is 0 Å². The van der Waals surface area contributed by atoms with Gasteiger partial charge < -0.3 is 8.83 Å². The molecule has 0 unspecified atom stereocenters. The highest BCUT2D eigenvalue weighted by Gasteiger charge is 2.18. The average molecular weight is 545 g/mol. The van der Waals surface area contributed by atoms with Crippen molar-refractivity contribution in [1.82, 2.24) is 0 Å². The maximum atomic E-state index is 9.14. The van der Waals surface area contributed by atoms with Crippen LogP contribution in [0.15, 0.2) is 154 Å². The molecule has 2 aromatic heterocycles. The minimum absolute atomic E-state index is 0.187. The standard InChI is InChI=1S/C40H24O2/c1-2-9-26(10-3-1)38-30-11-4-6-13-32(30)39(33-14-7-5-12-31(33)38)27-19-17-25(18-20-27)29-15-8-16-35-40(29)34-23-28-21-22-41-36(28)24-37(34)42-35/h1-24H/i4D,5D,6D,7D,11D,12D,13D,14D. The van der Waals surface area contributed by atoms with Crippen LogP contribution in [0.5, 0.6) is 0 Å². The third kappa shape index (κ3) is 3.39. The van der Waals surface area contributed by atoms with Gasteiger partial charge in [-0.1, -0.05) is 115 Å². The van der Waals surface area contributed by atoms with Gasteiger partial charge in [-0.05, 0) is 73.1 Å².